The van der Waals surface area contributed by atoms with E-state index in [1.807, 2.05) is 11.0 Å². The van der Waals surface area contributed by atoms with E-state index >= 15 is 0 Å². The Labute approximate surface area is 258 Å². The number of amides is 1. The van der Waals surface area contributed by atoms with E-state index in [1.54, 1.807) is 0 Å². The van der Waals surface area contributed by atoms with E-state index in [9.17, 15) is 4.79 Å². The summed E-state index contributed by atoms with van der Waals surface area (Å²) in [5.74, 6) is 3.32. The Kier molecular flexibility index (Phi) is 9.48. The number of carbonyl (C=O) groups is 1. The Morgan fingerprint density at radius 1 is 0.791 bits per heavy atom. The summed E-state index contributed by atoms with van der Waals surface area (Å²) in [7, 11) is 0. The van der Waals surface area contributed by atoms with Crippen molar-refractivity contribution in [2.75, 3.05) is 57.3 Å². The zero-order valence-electron chi connectivity index (χ0n) is 26.7. The second-order valence-electron chi connectivity index (χ2n) is 14.5. The van der Waals surface area contributed by atoms with Gasteiger partial charge in [0, 0.05) is 49.7 Å². The van der Waals surface area contributed by atoms with Crippen LogP contribution in [0.1, 0.15) is 87.6 Å². The molecule has 0 unspecified atom stereocenters. The topological polar surface area (TPSA) is 75.2 Å². The number of piperidine rings is 1. The number of benzene rings is 2. The summed E-state index contributed by atoms with van der Waals surface area (Å²) < 4.78 is 13.0. The fraction of sp³-hybridized carbons (Fsp3) is 0.639. The molecule has 234 valence electrons. The fourth-order valence-corrected chi connectivity index (χ4v) is 7.70. The number of nitrogens with zero attached hydrogens (tertiary/aromatic N) is 2. The predicted molar refractivity (Wildman–Crippen MR) is 171 cm³/mol. The fourth-order valence-electron chi connectivity index (χ4n) is 7.70. The average Bonchev–Trinajstić information content (AvgIpc) is 3.55. The number of carbonyl (C=O) groups excluding carboxylic acids is 1. The number of hydrogen-bond acceptors (Lipinski definition) is 4. The first-order valence-corrected chi connectivity index (χ1v) is 17.1. The first kappa shape index (κ1) is 30.3. The van der Waals surface area contributed by atoms with Gasteiger partial charge in [0.25, 0.3) is 5.91 Å². The van der Waals surface area contributed by atoms with E-state index in [0.717, 1.165) is 94.6 Å². The van der Waals surface area contributed by atoms with Crippen molar-refractivity contribution >= 4 is 11.6 Å². The standard InChI is InChI=1S/C36H52N4O3/c1-36(2,3)28-10-7-26(8-11-28)33-23-27(9-12-34(33)43-32-13-16-38-25-32)35(41)40-19-14-30(15-20-40)42-31-6-4-5-29(24-31)39-21-17-37-18-22-39/h4-6,9,12,23-24,26,28,30,32,37-38H,7-8,10-11,13-22,25H2,1-3H3/p+2/t26?,28?,32-/m0/s1. The summed E-state index contributed by atoms with van der Waals surface area (Å²) in [5.41, 5.74) is 3.67. The van der Waals surface area contributed by atoms with Crippen molar-refractivity contribution in [3.05, 3.63) is 53.6 Å². The molecule has 0 bridgehead atoms. The van der Waals surface area contributed by atoms with Crippen LogP contribution in [0.15, 0.2) is 42.5 Å². The highest BCUT2D eigenvalue weighted by molar-refractivity contribution is 5.94. The molecule has 7 nitrogen and oxygen atoms in total. The predicted octanol–water partition coefficient (Wildman–Crippen LogP) is 3.79. The van der Waals surface area contributed by atoms with Gasteiger partial charge in [-0.25, -0.2) is 0 Å². The number of piperazine rings is 1. The van der Waals surface area contributed by atoms with Gasteiger partial charge in [0.1, 0.15) is 24.1 Å². The number of rotatable bonds is 7. The van der Waals surface area contributed by atoms with Crippen LogP contribution in [0.2, 0.25) is 0 Å². The highest BCUT2D eigenvalue weighted by Crippen LogP contribution is 2.45. The zero-order chi connectivity index (χ0) is 29.8. The second-order valence-corrected chi connectivity index (χ2v) is 14.5. The molecule has 4 aliphatic rings. The lowest BCUT2D eigenvalue weighted by atomic mass is 9.68. The van der Waals surface area contributed by atoms with Crippen molar-refractivity contribution < 1.29 is 24.9 Å². The number of hydrogen-bond donors (Lipinski definition) is 2. The third-order valence-electron chi connectivity index (χ3n) is 10.5. The van der Waals surface area contributed by atoms with Gasteiger partial charge < -0.3 is 29.9 Å². The zero-order valence-corrected chi connectivity index (χ0v) is 26.7. The highest BCUT2D eigenvalue weighted by Gasteiger charge is 2.33. The molecule has 4 fully saturated rings. The van der Waals surface area contributed by atoms with Gasteiger partial charge >= 0.3 is 0 Å². The molecule has 1 atom stereocenters. The molecule has 1 aliphatic carbocycles. The minimum Gasteiger partial charge on any atom is -0.490 e. The molecule has 3 saturated heterocycles. The Bertz CT molecular complexity index is 1220. The Morgan fingerprint density at radius 3 is 2.26 bits per heavy atom. The molecule has 0 spiro atoms. The maximum atomic E-state index is 13.8. The monoisotopic (exact) mass is 590 g/mol. The van der Waals surface area contributed by atoms with E-state index in [1.165, 1.54) is 36.9 Å². The van der Waals surface area contributed by atoms with Crippen molar-refractivity contribution in [3.8, 4) is 11.5 Å². The number of ether oxygens (including phenoxy) is 2. The molecule has 7 heteroatoms. The number of quaternary nitrogens is 2. The lowest BCUT2D eigenvalue weighted by molar-refractivity contribution is -0.655. The normalized spacial score (nSPS) is 25.5. The first-order valence-electron chi connectivity index (χ1n) is 17.1. The van der Waals surface area contributed by atoms with Gasteiger partial charge in [-0.2, -0.15) is 0 Å². The van der Waals surface area contributed by atoms with E-state index < -0.39 is 0 Å². The van der Waals surface area contributed by atoms with Gasteiger partial charge in [-0.05, 0) is 78.8 Å². The Morgan fingerprint density at radius 2 is 1.56 bits per heavy atom. The summed E-state index contributed by atoms with van der Waals surface area (Å²) in [4.78, 5) is 18.3. The summed E-state index contributed by atoms with van der Waals surface area (Å²) in [6.45, 7) is 15.2. The van der Waals surface area contributed by atoms with Crippen LogP contribution in [0.4, 0.5) is 5.69 Å². The summed E-state index contributed by atoms with van der Waals surface area (Å²) in [6.07, 6.45) is 8.06. The SMILES string of the molecule is CC(C)(C)C1CCC(c2cc(C(=O)N3CCC(Oc4cccc(N5CC[NH2+]CC5)c4)CC3)ccc2O[C@H]2CC[NH2+]C2)CC1. The quantitative estimate of drug-likeness (QED) is 0.515. The van der Waals surface area contributed by atoms with Crippen LogP contribution in [0.3, 0.4) is 0 Å². The van der Waals surface area contributed by atoms with Crippen LogP contribution in [0, 0.1) is 11.3 Å². The molecule has 6 rings (SSSR count). The highest BCUT2D eigenvalue weighted by atomic mass is 16.5. The molecule has 2 aromatic rings. The average molecular weight is 591 g/mol. The molecule has 0 aromatic heterocycles. The minimum absolute atomic E-state index is 0.140. The van der Waals surface area contributed by atoms with Gasteiger partial charge in [0.15, 0.2) is 6.10 Å². The van der Waals surface area contributed by atoms with Crippen molar-refractivity contribution in [2.45, 2.75) is 83.8 Å². The van der Waals surface area contributed by atoms with E-state index in [4.69, 9.17) is 9.47 Å². The van der Waals surface area contributed by atoms with Gasteiger partial charge in [0.05, 0.1) is 32.7 Å². The van der Waals surface area contributed by atoms with Crippen molar-refractivity contribution in [3.63, 3.8) is 0 Å². The third-order valence-corrected chi connectivity index (χ3v) is 10.5. The molecular formula is C36H54N4O3+2. The molecule has 3 aliphatic heterocycles. The van der Waals surface area contributed by atoms with E-state index in [-0.39, 0.29) is 18.1 Å². The molecule has 3 heterocycles. The minimum atomic E-state index is 0.140. The number of likely N-dealkylation sites (tertiary alicyclic amines) is 1. The second kappa shape index (κ2) is 13.5. The van der Waals surface area contributed by atoms with Crippen molar-refractivity contribution in [1.82, 2.24) is 4.90 Å². The third kappa shape index (κ3) is 7.49. The van der Waals surface area contributed by atoms with E-state index in [2.05, 4.69) is 72.7 Å². The van der Waals surface area contributed by atoms with Crippen molar-refractivity contribution in [1.29, 1.82) is 0 Å². The number of nitrogens with two attached hydrogens (primary N) is 2. The van der Waals surface area contributed by atoms with Gasteiger partial charge in [0.2, 0.25) is 0 Å². The molecule has 43 heavy (non-hydrogen) atoms. The summed E-state index contributed by atoms with van der Waals surface area (Å²) >= 11 is 0. The first-order chi connectivity index (χ1) is 20.8. The summed E-state index contributed by atoms with van der Waals surface area (Å²) in [6, 6.07) is 14.8. The molecule has 4 N–H and O–H groups in total. The lowest BCUT2D eigenvalue weighted by Crippen LogP contribution is -2.89. The molecule has 0 radical (unpaired) electrons. The molecule has 1 amide bonds. The Balaban J connectivity index is 1.09. The smallest absolute Gasteiger partial charge is 0.253 e. The van der Waals surface area contributed by atoms with Crippen LogP contribution < -0.4 is 25.0 Å². The number of anilines is 1. The van der Waals surface area contributed by atoms with Gasteiger partial charge in [-0.3, -0.25) is 4.79 Å². The molecule has 1 saturated carbocycles. The Hall–Kier alpha value is -2.77. The maximum Gasteiger partial charge on any atom is 0.253 e. The van der Waals surface area contributed by atoms with E-state index in [0.29, 0.717) is 11.3 Å². The largest absolute Gasteiger partial charge is 0.490 e. The van der Waals surface area contributed by atoms with Crippen LogP contribution in [0.5, 0.6) is 11.5 Å². The van der Waals surface area contributed by atoms with Crippen LogP contribution >= 0.6 is 0 Å². The van der Waals surface area contributed by atoms with Crippen LogP contribution in [0.25, 0.3) is 0 Å². The molecule has 2 aromatic carbocycles. The molecular weight excluding hydrogens is 536 g/mol. The summed E-state index contributed by atoms with van der Waals surface area (Å²) in [5, 5.41) is 4.72. The lowest BCUT2D eigenvalue weighted by Gasteiger charge is -2.37. The van der Waals surface area contributed by atoms with Crippen LogP contribution in [-0.2, 0) is 0 Å². The van der Waals surface area contributed by atoms with Gasteiger partial charge in [-0.1, -0.05) is 26.8 Å². The van der Waals surface area contributed by atoms with Crippen molar-refractivity contribution in [2.24, 2.45) is 11.3 Å². The van der Waals surface area contributed by atoms with Crippen LogP contribution in [-0.4, -0.2) is 75.4 Å². The van der Waals surface area contributed by atoms with Gasteiger partial charge in [-0.15, -0.1) is 0 Å². The maximum absolute atomic E-state index is 13.8.